The number of aliphatic carboxylic acids is 1. The summed E-state index contributed by atoms with van der Waals surface area (Å²) >= 11 is 12.1. The van der Waals surface area contributed by atoms with E-state index in [0.717, 1.165) is 0 Å². The first-order chi connectivity index (χ1) is 11.3. The number of hydrogen-bond donors (Lipinski definition) is 2. The van der Waals surface area contributed by atoms with Crippen molar-refractivity contribution in [2.24, 2.45) is 0 Å². The predicted octanol–water partition coefficient (Wildman–Crippen LogP) is 2.54. The fraction of sp³-hybridized carbons (Fsp3) is 0.500. The maximum atomic E-state index is 12.7. The Morgan fingerprint density at radius 2 is 2.04 bits per heavy atom. The third-order valence-electron chi connectivity index (χ3n) is 4.82. The lowest BCUT2D eigenvalue weighted by atomic mass is 9.79. The molecule has 0 spiro atoms. The highest BCUT2D eigenvalue weighted by atomic mass is 35.5. The molecule has 0 aromatic heterocycles. The number of rotatable bonds is 3. The second-order valence-electron chi connectivity index (χ2n) is 6.14. The monoisotopic (exact) mass is 372 g/mol. The lowest BCUT2D eigenvalue weighted by molar-refractivity contribution is -0.145. The molecule has 2 atom stereocenters. The lowest BCUT2D eigenvalue weighted by Crippen LogP contribution is -2.64. The molecule has 2 aliphatic rings. The zero-order valence-electron chi connectivity index (χ0n) is 13.1. The van der Waals surface area contributed by atoms with Crippen LogP contribution in [-0.2, 0) is 9.53 Å². The Hall–Kier alpha value is -1.34. The van der Waals surface area contributed by atoms with Crippen molar-refractivity contribution in [2.75, 3.05) is 31.6 Å². The van der Waals surface area contributed by atoms with Crippen LogP contribution in [0, 0.1) is 0 Å². The first kappa shape index (κ1) is 17.5. The third kappa shape index (κ3) is 2.88. The van der Waals surface area contributed by atoms with Crippen LogP contribution in [-0.4, -0.2) is 59.6 Å². The summed E-state index contributed by atoms with van der Waals surface area (Å²) in [6, 6.07) is 2.62. The molecule has 130 valence electrons. The van der Waals surface area contributed by atoms with Gasteiger partial charge in [0.2, 0.25) is 0 Å². The Bertz CT molecular complexity index is 691. The molecule has 0 saturated carbocycles. The van der Waals surface area contributed by atoms with Gasteiger partial charge in [0.25, 0.3) is 0 Å². The largest absolute Gasteiger partial charge is 0.479 e. The van der Waals surface area contributed by atoms with Crippen molar-refractivity contribution in [3.63, 3.8) is 0 Å². The van der Waals surface area contributed by atoms with Gasteiger partial charge >= 0.3 is 5.97 Å². The molecule has 3 rings (SSSR count). The van der Waals surface area contributed by atoms with Crippen LogP contribution in [0.4, 0.5) is 5.69 Å². The first-order valence-electron chi connectivity index (χ1n) is 7.71. The predicted molar refractivity (Wildman–Crippen MR) is 91.3 cm³/mol. The summed E-state index contributed by atoms with van der Waals surface area (Å²) in [5.41, 5.74) is -0.770. The van der Waals surface area contributed by atoms with Crippen molar-refractivity contribution < 1.29 is 19.4 Å². The van der Waals surface area contributed by atoms with Gasteiger partial charge < -0.3 is 15.2 Å². The summed E-state index contributed by atoms with van der Waals surface area (Å²) in [4.78, 5) is 26.8. The van der Waals surface area contributed by atoms with E-state index in [1.807, 2.05) is 11.8 Å². The average Bonchev–Trinajstić information content (AvgIpc) is 2.53. The number of morpholine rings is 1. The lowest BCUT2D eigenvalue weighted by Gasteiger charge is -2.45. The molecule has 1 saturated heterocycles. The summed E-state index contributed by atoms with van der Waals surface area (Å²) < 4.78 is 5.33. The van der Waals surface area contributed by atoms with E-state index in [9.17, 15) is 14.7 Å². The van der Waals surface area contributed by atoms with Crippen LogP contribution < -0.4 is 5.32 Å². The normalized spacial score (nSPS) is 25.7. The summed E-state index contributed by atoms with van der Waals surface area (Å²) in [7, 11) is 0. The van der Waals surface area contributed by atoms with E-state index in [2.05, 4.69) is 5.32 Å². The number of benzene rings is 1. The van der Waals surface area contributed by atoms with Crippen LogP contribution in [0.1, 0.15) is 23.7 Å². The van der Waals surface area contributed by atoms with Crippen molar-refractivity contribution in [1.82, 2.24) is 4.90 Å². The molecule has 0 bridgehead atoms. The summed E-state index contributed by atoms with van der Waals surface area (Å²) in [5.74, 6) is -1.37. The average molecular weight is 373 g/mol. The zero-order chi connectivity index (χ0) is 17.5. The second kappa shape index (κ2) is 6.52. The van der Waals surface area contributed by atoms with Crippen LogP contribution in [0.15, 0.2) is 12.1 Å². The van der Waals surface area contributed by atoms with Crippen molar-refractivity contribution in [3.8, 4) is 0 Å². The van der Waals surface area contributed by atoms with Gasteiger partial charge in [0, 0.05) is 36.3 Å². The van der Waals surface area contributed by atoms with Crippen molar-refractivity contribution >= 4 is 40.6 Å². The fourth-order valence-corrected chi connectivity index (χ4v) is 4.02. The molecule has 1 aromatic carbocycles. The van der Waals surface area contributed by atoms with Gasteiger partial charge in [0.15, 0.2) is 11.3 Å². The van der Waals surface area contributed by atoms with Gasteiger partial charge in [-0.3, -0.25) is 9.69 Å². The van der Waals surface area contributed by atoms with E-state index in [0.29, 0.717) is 42.6 Å². The Kier molecular flexibility index (Phi) is 4.75. The maximum absolute atomic E-state index is 12.7. The molecule has 0 aliphatic carbocycles. The molecule has 8 heteroatoms. The van der Waals surface area contributed by atoms with Gasteiger partial charge in [-0.25, -0.2) is 4.79 Å². The van der Waals surface area contributed by atoms with Gasteiger partial charge in [-0.2, -0.15) is 0 Å². The molecule has 24 heavy (non-hydrogen) atoms. The Balaban J connectivity index is 2.02. The topological polar surface area (TPSA) is 78.9 Å². The number of anilines is 1. The molecule has 0 radical (unpaired) electrons. The van der Waals surface area contributed by atoms with Gasteiger partial charge in [-0.05, 0) is 19.1 Å². The van der Waals surface area contributed by atoms with Gasteiger partial charge in [-0.15, -0.1) is 0 Å². The van der Waals surface area contributed by atoms with E-state index < -0.39 is 17.6 Å². The van der Waals surface area contributed by atoms with E-state index >= 15 is 0 Å². The molecule has 2 unspecified atom stereocenters. The number of carboxylic acid groups (broad SMARTS) is 1. The number of nitrogens with one attached hydrogen (secondary N) is 1. The van der Waals surface area contributed by atoms with Gasteiger partial charge in [0.05, 0.1) is 23.8 Å². The Morgan fingerprint density at radius 3 is 2.67 bits per heavy atom. The number of carbonyl (C=O) groups is 2. The van der Waals surface area contributed by atoms with E-state index in [1.165, 1.54) is 6.07 Å². The third-order valence-corrected chi connectivity index (χ3v) is 5.34. The molecule has 1 fully saturated rings. The number of fused-ring (bicyclic) bond motifs is 1. The molecular weight excluding hydrogens is 355 g/mol. The number of ether oxygens (including phenoxy) is 1. The minimum Gasteiger partial charge on any atom is -0.479 e. The number of halogens is 2. The maximum Gasteiger partial charge on any atom is 0.331 e. The van der Waals surface area contributed by atoms with E-state index in [1.54, 1.807) is 6.07 Å². The smallest absolute Gasteiger partial charge is 0.331 e. The number of carbonyl (C=O) groups excluding carboxylic acids is 1. The van der Waals surface area contributed by atoms with Crippen molar-refractivity contribution in [3.05, 3.63) is 27.7 Å². The van der Waals surface area contributed by atoms with Gasteiger partial charge in [-0.1, -0.05) is 23.2 Å². The Labute approximate surface area is 149 Å². The van der Waals surface area contributed by atoms with Crippen LogP contribution in [0.25, 0.3) is 0 Å². The highest BCUT2D eigenvalue weighted by Gasteiger charge is 2.51. The fourth-order valence-electron chi connectivity index (χ4n) is 3.42. The first-order valence-corrected chi connectivity index (χ1v) is 8.46. The standard InChI is InChI=1S/C16H18Cl2N2O4/c1-9(20-2-4-24-5-3-20)16(15(22)23)8-13(21)14-11(18)6-10(17)7-12(14)19-16/h6-7,9,19H,2-5,8H2,1H3,(H,22,23). The van der Waals surface area contributed by atoms with Crippen LogP contribution in [0.2, 0.25) is 10.0 Å². The van der Waals surface area contributed by atoms with Gasteiger partial charge in [0.1, 0.15) is 0 Å². The molecule has 2 heterocycles. The number of nitrogens with zero attached hydrogens (tertiary/aromatic N) is 1. The molecule has 6 nitrogen and oxygen atoms in total. The summed E-state index contributed by atoms with van der Waals surface area (Å²) in [6.07, 6.45) is -0.171. The van der Waals surface area contributed by atoms with Crippen LogP contribution in [0.5, 0.6) is 0 Å². The van der Waals surface area contributed by atoms with E-state index in [4.69, 9.17) is 27.9 Å². The van der Waals surface area contributed by atoms with E-state index in [-0.39, 0.29) is 17.2 Å². The van der Waals surface area contributed by atoms with Crippen molar-refractivity contribution in [2.45, 2.75) is 24.9 Å². The SMILES string of the molecule is CC(N1CCOCC1)C1(C(=O)O)CC(=O)c2c(Cl)cc(Cl)cc2N1. The second-order valence-corrected chi connectivity index (χ2v) is 6.98. The molecule has 0 amide bonds. The minimum absolute atomic E-state index is 0.171. The van der Waals surface area contributed by atoms with Crippen LogP contribution in [0.3, 0.4) is 0 Å². The quantitative estimate of drug-likeness (QED) is 0.848. The molecule has 2 aliphatic heterocycles. The summed E-state index contributed by atoms with van der Waals surface area (Å²) in [5, 5.41) is 13.6. The molecular formula is C16H18Cl2N2O4. The Morgan fingerprint density at radius 1 is 1.38 bits per heavy atom. The highest BCUT2D eigenvalue weighted by Crippen LogP contribution is 2.40. The minimum atomic E-state index is -1.44. The zero-order valence-corrected chi connectivity index (χ0v) is 14.7. The highest BCUT2D eigenvalue weighted by molar-refractivity contribution is 6.38. The number of Topliss-reactive ketones (excluding diaryl/α,β-unsaturated/α-hetero) is 1. The number of ketones is 1. The van der Waals surface area contributed by atoms with Crippen LogP contribution >= 0.6 is 23.2 Å². The summed E-state index contributed by atoms with van der Waals surface area (Å²) in [6.45, 7) is 4.14. The van der Waals surface area contributed by atoms with Crippen molar-refractivity contribution in [1.29, 1.82) is 0 Å². The number of hydrogen-bond acceptors (Lipinski definition) is 5. The molecule has 1 aromatic rings. The molecule has 2 N–H and O–H groups in total. The number of carboxylic acids is 1.